The van der Waals surface area contributed by atoms with Crippen molar-refractivity contribution < 1.29 is 4.74 Å². The summed E-state index contributed by atoms with van der Waals surface area (Å²) in [5.74, 6) is 2.95. The summed E-state index contributed by atoms with van der Waals surface area (Å²) < 4.78 is 5.81. The van der Waals surface area contributed by atoms with Crippen molar-refractivity contribution in [2.75, 3.05) is 13.1 Å². The van der Waals surface area contributed by atoms with Gasteiger partial charge in [0.15, 0.2) is 5.75 Å². The van der Waals surface area contributed by atoms with Gasteiger partial charge < -0.3 is 10.1 Å². The number of nitrogens with one attached hydrogen (secondary N) is 1. The minimum atomic E-state index is 0.476. The molecule has 104 valence electrons. The molecule has 1 saturated heterocycles. The molecular formula is C16H19N3O. The summed E-state index contributed by atoms with van der Waals surface area (Å²) in [6, 6.07) is 7.95. The zero-order valence-electron chi connectivity index (χ0n) is 11.7. The van der Waals surface area contributed by atoms with Crippen molar-refractivity contribution in [1.82, 2.24) is 15.3 Å². The van der Waals surface area contributed by atoms with Crippen molar-refractivity contribution >= 4 is 0 Å². The van der Waals surface area contributed by atoms with Crippen LogP contribution in [0.3, 0.4) is 0 Å². The highest BCUT2D eigenvalue weighted by atomic mass is 16.5. The van der Waals surface area contributed by atoms with Crippen LogP contribution in [0.4, 0.5) is 0 Å². The van der Waals surface area contributed by atoms with E-state index in [-0.39, 0.29) is 0 Å². The topological polar surface area (TPSA) is 47.0 Å². The van der Waals surface area contributed by atoms with Crippen molar-refractivity contribution in [2.24, 2.45) is 0 Å². The van der Waals surface area contributed by atoms with E-state index in [0.717, 1.165) is 43.1 Å². The highest BCUT2D eigenvalue weighted by molar-refractivity contribution is 5.35. The SMILES string of the molecule is Cc1ccccc1Oc1cnc(C2CCNCC2)nc1. The van der Waals surface area contributed by atoms with Gasteiger partial charge in [-0.05, 0) is 44.5 Å². The lowest BCUT2D eigenvalue weighted by molar-refractivity contribution is 0.438. The second-order valence-electron chi connectivity index (χ2n) is 5.17. The Labute approximate surface area is 119 Å². The fourth-order valence-electron chi connectivity index (χ4n) is 2.47. The first kappa shape index (κ1) is 13.1. The van der Waals surface area contributed by atoms with Gasteiger partial charge in [-0.1, -0.05) is 18.2 Å². The zero-order chi connectivity index (χ0) is 13.8. The van der Waals surface area contributed by atoms with Crippen molar-refractivity contribution in [2.45, 2.75) is 25.7 Å². The molecule has 0 spiro atoms. The quantitative estimate of drug-likeness (QED) is 0.930. The average molecular weight is 269 g/mol. The number of aryl methyl sites for hydroxylation is 1. The van der Waals surface area contributed by atoms with Gasteiger partial charge in [-0.2, -0.15) is 0 Å². The van der Waals surface area contributed by atoms with Crippen molar-refractivity contribution in [3.63, 3.8) is 0 Å². The predicted octanol–water partition coefficient (Wildman–Crippen LogP) is 3.04. The maximum Gasteiger partial charge on any atom is 0.164 e. The number of benzene rings is 1. The Balaban J connectivity index is 1.71. The molecule has 0 saturated carbocycles. The molecule has 20 heavy (non-hydrogen) atoms. The summed E-state index contributed by atoms with van der Waals surface area (Å²) in [6.07, 6.45) is 5.77. The molecule has 2 heterocycles. The van der Waals surface area contributed by atoms with Crippen LogP contribution in [0.1, 0.15) is 30.1 Å². The van der Waals surface area contributed by atoms with Crippen LogP contribution >= 0.6 is 0 Å². The molecule has 0 amide bonds. The van der Waals surface area contributed by atoms with E-state index in [2.05, 4.69) is 15.3 Å². The number of ether oxygens (including phenoxy) is 1. The first-order chi connectivity index (χ1) is 9.83. The van der Waals surface area contributed by atoms with Crippen molar-refractivity contribution in [3.05, 3.63) is 48.0 Å². The van der Waals surface area contributed by atoms with E-state index >= 15 is 0 Å². The molecular weight excluding hydrogens is 250 g/mol. The molecule has 1 aromatic heterocycles. The largest absolute Gasteiger partial charge is 0.454 e. The molecule has 4 heteroatoms. The molecule has 1 aromatic carbocycles. The molecule has 1 N–H and O–H groups in total. The fraction of sp³-hybridized carbons (Fsp3) is 0.375. The molecule has 0 radical (unpaired) electrons. The van der Waals surface area contributed by atoms with Gasteiger partial charge in [-0.15, -0.1) is 0 Å². The maximum absolute atomic E-state index is 5.81. The second kappa shape index (κ2) is 6.01. The van der Waals surface area contributed by atoms with Crippen LogP contribution in [0.15, 0.2) is 36.7 Å². The van der Waals surface area contributed by atoms with E-state index in [9.17, 15) is 0 Å². The minimum Gasteiger partial charge on any atom is -0.454 e. The number of rotatable bonds is 3. The molecule has 4 nitrogen and oxygen atoms in total. The molecule has 0 bridgehead atoms. The van der Waals surface area contributed by atoms with Gasteiger partial charge in [0.2, 0.25) is 0 Å². The Morgan fingerprint density at radius 2 is 1.80 bits per heavy atom. The fourth-order valence-corrected chi connectivity index (χ4v) is 2.47. The molecule has 0 unspecified atom stereocenters. The minimum absolute atomic E-state index is 0.476. The number of piperidine rings is 1. The van der Waals surface area contributed by atoms with Crippen molar-refractivity contribution in [1.29, 1.82) is 0 Å². The molecule has 2 aromatic rings. The summed E-state index contributed by atoms with van der Waals surface area (Å²) in [7, 11) is 0. The molecule has 0 aliphatic carbocycles. The standard InChI is InChI=1S/C16H19N3O/c1-12-4-2-3-5-15(12)20-14-10-18-16(19-11-14)13-6-8-17-9-7-13/h2-5,10-11,13,17H,6-9H2,1H3. The van der Waals surface area contributed by atoms with Gasteiger partial charge >= 0.3 is 0 Å². The first-order valence-electron chi connectivity index (χ1n) is 7.09. The van der Waals surface area contributed by atoms with Gasteiger partial charge in [0.1, 0.15) is 11.6 Å². The van der Waals surface area contributed by atoms with Crippen LogP contribution in [0, 0.1) is 6.92 Å². The van der Waals surface area contributed by atoms with E-state index in [0.29, 0.717) is 11.7 Å². The van der Waals surface area contributed by atoms with E-state index in [1.54, 1.807) is 12.4 Å². The Morgan fingerprint density at radius 1 is 1.10 bits per heavy atom. The van der Waals surface area contributed by atoms with Crippen LogP contribution in [0.5, 0.6) is 11.5 Å². The highest BCUT2D eigenvalue weighted by Crippen LogP contribution is 2.26. The summed E-state index contributed by atoms with van der Waals surface area (Å²) in [5.41, 5.74) is 1.11. The predicted molar refractivity (Wildman–Crippen MR) is 78.1 cm³/mol. The highest BCUT2D eigenvalue weighted by Gasteiger charge is 2.17. The van der Waals surface area contributed by atoms with E-state index in [1.807, 2.05) is 31.2 Å². The molecule has 3 rings (SSSR count). The van der Waals surface area contributed by atoms with Gasteiger partial charge in [-0.25, -0.2) is 9.97 Å². The monoisotopic (exact) mass is 269 g/mol. The summed E-state index contributed by atoms with van der Waals surface area (Å²) in [4.78, 5) is 8.93. The van der Waals surface area contributed by atoms with Crippen molar-refractivity contribution in [3.8, 4) is 11.5 Å². The number of nitrogens with zero attached hydrogens (tertiary/aromatic N) is 2. The van der Waals surface area contributed by atoms with Gasteiger partial charge in [0.05, 0.1) is 12.4 Å². The zero-order valence-corrected chi connectivity index (χ0v) is 11.7. The van der Waals surface area contributed by atoms with Crippen LogP contribution in [-0.2, 0) is 0 Å². The Morgan fingerprint density at radius 3 is 2.50 bits per heavy atom. The summed E-state index contributed by atoms with van der Waals surface area (Å²) in [6.45, 7) is 4.13. The Bertz CT molecular complexity index is 562. The maximum atomic E-state index is 5.81. The molecule has 1 aliphatic rings. The van der Waals surface area contributed by atoms with Crippen LogP contribution in [0.2, 0.25) is 0 Å². The summed E-state index contributed by atoms with van der Waals surface area (Å²) >= 11 is 0. The summed E-state index contributed by atoms with van der Waals surface area (Å²) in [5, 5.41) is 3.35. The molecule has 0 atom stereocenters. The number of hydrogen-bond donors (Lipinski definition) is 1. The second-order valence-corrected chi connectivity index (χ2v) is 5.17. The number of para-hydroxylation sites is 1. The van der Waals surface area contributed by atoms with E-state index < -0.39 is 0 Å². The molecule has 1 aliphatic heterocycles. The van der Waals surface area contributed by atoms with Gasteiger partial charge in [-0.3, -0.25) is 0 Å². The third kappa shape index (κ3) is 2.96. The van der Waals surface area contributed by atoms with Crippen LogP contribution in [-0.4, -0.2) is 23.1 Å². The number of hydrogen-bond acceptors (Lipinski definition) is 4. The smallest absolute Gasteiger partial charge is 0.164 e. The molecule has 1 fully saturated rings. The first-order valence-corrected chi connectivity index (χ1v) is 7.09. The van der Waals surface area contributed by atoms with Crippen LogP contribution in [0.25, 0.3) is 0 Å². The lowest BCUT2D eigenvalue weighted by Crippen LogP contribution is -2.27. The van der Waals surface area contributed by atoms with Crippen LogP contribution < -0.4 is 10.1 Å². The number of aromatic nitrogens is 2. The van der Waals surface area contributed by atoms with Gasteiger partial charge in [0.25, 0.3) is 0 Å². The Hall–Kier alpha value is -1.94. The van der Waals surface area contributed by atoms with E-state index in [1.165, 1.54) is 0 Å². The Kier molecular flexibility index (Phi) is 3.92. The lowest BCUT2D eigenvalue weighted by Gasteiger charge is -2.21. The normalized spacial score (nSPS) is 16.1. The van der Waals surface area contributed by atoms with E-state index in [4.69, 9.17) is 4.74 Å². The van der Waals surface area contributed by atoms with Gasteiger partial charge in [0, 0.05) is 5.92 Å². The third-order valence-corrected chi connectivity index (χ3v) is 3.67. The lowest BCUT2D eigenvalue weighted by atomic mass is 9.97. The third-order valence-electron chi connectivity index (χ3n) is 3.67. The average Bonchev–Trinajstić information content (AvgIpc) is 2.51.